The summed E-state index contributed by atoms with van der Waals surface area (Å²) in [6.45, 7) is 2.35. The minimum Gasteiger partial charge on any atom is -0.339 e. The number of fused-ring (bicyclic) bond motifs is 3. The second-order valence-corrected chi connectivity index (χ2v) is 12.1. The van der Waals surface area contributed by atoms with Gasteiger partial charge in [-0.15, -0.1) is 10.2 Å². The van der Waals surface area contributed by atoms with Crippen LogP contribution in [0.1, 0.15) is 41.8 Å². The van der Waals surface area contributed by atoms with E-state index in [2.05, 4.69) is 15.3 Å². The predicted octanol–water partition coefficient (Wildman–Crippen LogP) is 1.64. The molecule has 176 valence electrons. The maximum Gasteiger partial charge on any atom is 0.225 e. The molecule has 0 radical (unpaired) electrons. The average Bonchev–Trinajstić information content (AvgIpc) is 3.29. The highest BCUT2D eigenvalue weighted by atomic mass is 35.5. The van der Waals surface area contributed by atoms with Crippen molar-refractivity contribution in [2.75, 3.05) is 18.8 Å². The second kappa shape index (κ2) is 7.22. The minimum absolute atomic E-state index is 0.0573. The van der Waals surface area contributed by atoms with Gasteiger partial charge in [-0.05, 0) is 25.5 Å². The van der Waals surface area contributed by atoms with Crippen molar-refractivity contribution in [3.05, 3.63) is 58.4 Å². The van der Waals surface area contributed by atoms with Gasteiger partial charge in [-0.25, -0.2) is 8.42 Å². The molecular formula is C22H22ClN7O3S. The number of amides is 1. The van der Waals surface area contributed by atoms with Crippen LogP contribution in [0, 0.1) is 6.92 Å². The molecule has 34 heavy (non-hydrogen) atoms. The summed E-state index contributed by atoms with van der Waals surface area (Å²) in [7, 11) is -1.25. The Labute approximate surface area is 201 Å². The van der Waals surface area contributed by atoms with E-state index >= 15 is 0 Å². The molecule has 6 rings (SSSR count). The van der Waals surface area contributed by atoms with E-state index in [9.17, 15) is 13.2 Å². The van der Waals surface area contributed by atoms with Crippen molar-refractivity contribution in [3.63, 3.8) is 0 Å². The van der Waals surface area contributed by atoms with Gasteiger partial charge in [0.15, 0.2) is 15.7 Å². The maximum atomic E-state index is 13.2. The van der Waals surface area contributed by atoms with Crippen molar-refractivity contribution in [2.45, 2.75) is 30.6 Å². The highest BCUT2D eigenvalue weighted by Crippen LogP contribution is 2.43. The lowest BCUT2D eigenvalue weighted by Gasteiger charge is -2.54. The smallest absolute Gasteiger partial charge is 0.225 e. The number of aryl methyl sites for hydroxylation is 2. The number of hydrogen-bond donors (Lipinski definition) is 0. The molecule has 2 saturated heterocycles. The van der Waals surface area contributed by atoms with E-state index in [1.807, 2.05) is 36.9 Å². The molecule has 1 amide bonds. The molecule has 3 aliphatic heterocycles. The van der Waals surface area contributed by atoms with Gasteiger partial charge in [0.05, 0.1) is 23.6 Å². The zero-order valence-corrected chi connectivity index (χ0v) is 20.2. The Morgan fingerprint density at radius 1 is 1.21 bits per heavy atom. The Morgan fingerprint density at radius 3 is 2.59 bits per heavy atom. The van der Waals surface area contributed by atoms with Crippen LogP contribution in [0.4, 0.5) is 0 Å². The van der Waals surface area contributed by atoms with Crippen molar-refractivity contribution in [1.29, 1.82) is 0 Å². The minimum atomic E-state index is -3.09. The number of hydrogen-bond acceptors (Lipinski definition) is 7. The molecule has 0 aliphatic carbocycles. The number of rotatable bonds is 3. The molecule has 1 atom stereocenters. The normalized spacial score (nSPS) is 21.7. The Balaban J connectivity index is 1.39. The predicted molar refractivity (Wildman–Crippen MR) is 125 cm³/mol. The molecule has 1 aromatic carbocycles. The number of aliphatic imine (C=N–C) groups is 1. The van der Waals surface area contributed by atoms with E-state index < -0.39 is 20.6 Å². The summed E-state index contributed by atoms with van der Waals surface area (Å²) < 4.78 is 27.1. The fraction of sp³-hybridized carbons (Fsp3) is 0.409. The summed E-state index contributed by atoms with van der Waals surface area (Å²) >= 11 is 6.10. The number of benzene rings is 1. The van der Waals surface area contributed by atoms with Crippen LogP contribution in [0.25, 0.3) is 5.69 Å². The average molecular weight is 500 g/mol. The SMILES string of the molecule is Cc1nnc2n1-c1cn(C)nc1C(c1ccc(Cl)cc1)=NC2CC(=O)N1CC2(CCS2(=O)=O)C1. The molecule has 2 fully saturated rings. The van der Waals surface area contributed by atoms with Crippen LogP contribution in [-0.2, 0) is 21.7 Å². The summed E-state index contributed by atoms with van der Waals surface area (Å²) in [6, 6.07) is 6.72. The third-order valence-electron chi connectivity index (χ3n) is 6.99. The summed E-state index contributed by atoms with van der Waals surface area (Å²) in [5, 5.41) is 13.9. The monoisotopic (exact) mass is 499 g/mol. The van der Waals surface area contributed by atoms with Crippen molar-refractivity contribution < 1.29 is 13.2 Å². The molecule has 12 heteroatoms. The lowest BCUT2D eigenvalue weighted by molar-refractivity contribution is -0.137. The summed E-state index contributed by atoms with van der Waals surface area (Å²) in [5.74, 6) is 1.28. The standard InChI is InChI=1S/C22H22ClN7O3S/c1-13-25-26-21-16(9-18(31)29-11-22(12-29)7-8-34(22,32)33)24-19(14-3-5-15(23)6-4-14)20-17(30(13)21)10-28(2)27-20/h3-6,10,16H,7-9,11-12H2,1-2H3. The summed E-state index contributed by atoms with van der Waals surface area (Å²) in [6.07, 6.45) is 2.56. The van der Waals surface area contributed by atoms with Gasteiger partial charge in [0.1, 0.15) is 22.3 Å². The molecule has 0 N–H and O–H groups in total. The van der Waals surface area contributed by atoms with Gasteiger partial charge in [-0.1, -0.05) is 23.7 Å². The van der Waals surface area contributed by atoms with E-state index in [1.54, 1.807) is 21.7 Å². The molecule has 3 aromatic rings. The fourth-order valence-electron chi connectivity index (χ4n) is 4.96. The van der Waals surface area contributed by atoms with Crippen molar-refractivity contribution in [2.24, 2.45) is 12.0 Å². The number of aromatic nitrogens is 5. The number of halogens is 1. The van der Waals surface area contributed by atoms with Crippen LogP contribution in [0.5, 0.6) is 0 Å². The zero-order chi connectivity index (χ0) is 23.8. The van der Waals surface area contributed by atoms with Crippen LogP contribution in [0.2, 0.25) is 5.02 Å². The fourth-order valence-corrected chi connectivity index (χ4v) is 6.91. The van der Waals surface area contributed by atoms with Gasteiger partial charge in [-0.3, -0.25) is 19.0 Å². The number of nitrogens with zero attached hydrogens (tertiary/aromatic N) is 7. The van der Waals surface area contributed by atoms with Crippen molar-refractivity contribution >= 4 is 33.1 Å². The largest absolute Gasteiger partial charge is 0.339 e. The van der Waals surface area contributed by atoms with Gasteiger partial charge < -0.3 is 4.90 Å². The molecule has 0 saturated carbocycles. The maximum absolute atomic E-state index is 13.2. The zero-order valence-electron chi connectivity index (χ0n) is 18.6. The first-order valence-corrected chi connectivity index (χ1v) is 13.0. The van der Waals surface area contributed by atoms with Crippen LogP contribution in [0.3, 0.4) is 0 Å². The second-order valence-electron chi connectivity index (χ2n) is 9.18. The number of carbonyl (C=O) groups is 1. The molecule has 2 aromatic heterocycles. The van der Waals surface area contributed by atoms with Crippen molar-refractivity contribution in [1.82, 2.24) is 29.4 Å². The topological polar surface area (TPSA) is 115 Å². The van der Waals surface area contributed by atoms with Gasteiger partial charge in [0, 0.05) is 36.9 Å². The Kier molecular flexibility index (Phi) is 4.56. The number of carbonyl (C=O) groups excluding carboxylic acids is 1. The van der Waals surface area contributed by atoms with Crippen LogP contribution < -0.4 is 0 Å². The third kappa shape index (κ3) is 3.06. The Hall–Kier alpha value is -3.05. The lowest BCUT2D eigenvalue weighted by atomic mass is 9.94. The third-order valence-corrected chi connectivity index (χ3v) is 9.77. The number of likely N-dealkylation sites (tertiary alicyclic amines) is 1. The molecule has 10 nitrogen and oxygen atoms in total. The molecular weight excluding hydrogens is 478 g/mol. The molecule has 1 spiro atoms. The van der Waals surface area contributed by atoms with E-state index in [0.29, 0.717) is 34.5 Å². The van der Waals surface area contributed by atoms with E-state index in [4.69, 9.17) is 16.6 Å². The van der Waals surface area contributed by atoms with E-state index in [-0.39, 0.29) is 31.2 Å². The van der Waals surface area contributed by atoms with Gasteiger partial charge >= 0.3 is 0 Å². The van der Waals surface area contributed by atoms with Gasteiger partial charge in [0.2, 0.25) is 5.91 Å². The van der Waals surface area contributed by atoms with Gasteiger partial charge in [-0.2, -0.15) is 5.10 Å². The molecule has 5 heterocycles. The lowest BCUT2D eigenvalue weighted by Crippen LogP contribution is -2.72. The van der Waals surface area contributed by atoms with Crippen LogP contribution >= 0.6 is 11.6 Å². The van der Waals surface area contributed by atoms with E-state index in [0.717, 1.165) is 11.3 Å². The first-order chi connectivity index (χ1) is 16.2. The highest BCUT2D eigenvalue weighted by molar-refractivity contribution is 7.94. The van der Waals surface area contributed by atoms with Crippen LogP contribution in [0.15, 0.2) is 35.5 Å². The number of sulfone groups is 1. The van der Waals surface area contributed by atoms with Crippen molar-refractivity contribution in [3.8, 4) is 5.69 Å². The van der Waals surface area contributed by atoms with Gasteiger partial charge in [0.25, 0.3) is 0 Å². The van der Waals surface area contributed by atoms with Crippen LogP contribution in [-0.4, -0.2) is 73.1 Å². The first-order valence-electron chi connectivity index (χ1n) is 11.0. The Morgan fingerprint density at radius 2 is 1.94 bits per heavy atom. The molecule has 0 bridgehead atoms. The summed E-state index contributed by atoms with van der Waals surface area (Å²) in [4.78, 5) is 19.8. The quantitative estimate of drug-likeness (QED) is 0.541. The Bertz CT molecular complexity index is 1470. The summed E-state index contributed by atoms with van der Waals surface area (Å²) in [5.41, 5.74) is 2.90. The van der Waals surface area contributed by atoms with E-state index in [1.165, 1.54) is 0 Å². The molecule has 1 unspecified atom stereocenters. The molecule has 3 aliphatic rings. The first kappa shape index (κ1) is 21.5. The highest BCUT2D eigenvalue weighted by Gasteiger charge is 2.60.